The summed E-state index contributed by atoms with van der Waals surface area (Å²) in [6, 6.07) is 8.31. The number of aromatic nitrogens is 2. The molecule has 1 saturated carbocycles. The van der Waals surface area contributed by atoms with Gasteiger partial charge in [-0.3, -0.25) is 5.10 Å². The van der Waals surface area contributed by atoms with Gasteiger partial charge in [0.1, 0.15) is 5.82 Å². The van der Waals surface area contributed by atoms with Gasteiger partial charge in [-0.1, -0.05) is 12.1 Å². The fourth-order valence-electron chi connectivity index (χ4n) is 3.94. The van der Waals surface area contributed by atoms with Crippen LogP contribution >= 0.6 is 0 Å². The molecule has 0 atom stereocenters. The molecule has 2 heterocycles. The maximum Gasteiger partial charge on any atom is 0.279 e. The predicted octanol–water partition coefficient (Wildman–Crippen LogP) is 2.41. The highest BCUT2D eigenvalue weighted by Gasteiger charge is 2.30. The van der Waals surface area contributed by atoms with Gasteiger partial charge in [-0.05, 0) is 43.9 Å². The van der Waals surface area contributed by atoms with Gasteiger partial charge in [-0.15, -0.1) is 0 Å². The number of benzene rings is 1. The normalized spacial score (nSPS) is 24.3. The van der Waals surface area contributed by atoms with Crippen LogP contribution in [0.15, 0.2) is 30.3 Å². The summed E-state index contributed by atoms with van der Waals surface area (Å²) < 4.78 is 48.0. The van der Waals surface area contributed by atoms with Crippen LogP contribution < -0.4 is 4.72 Å². The Labute approximate surface area is 164 Å². The molecule has 0 spiro atoms. The Morgan fingerprint density at radius 1 is 1.14 bits per heavy atom. The van der Waals surface area contributed by atoms with E-state index in [1.807, 2.05) is 12.1 Å². The van der Waals surface area contributed by atoms with Crippen LogP contribution in [0.2, 0.25) is 0 Å². The van der Waals surface area contributed by atoms with Gasteiger partial charge in [-0.2, -0.15) is 22.5 Å². The third-order valence-electron chi connectivity index (χ3n) is 5.51. The van der Waals surface area contributed by atoms with Crippen LogP contribution in [0, 0.1) is 5.82 Å². The quantitative estimate of drug-likeness (QED) is 0.795. The zero-order valence-corrected chi connectivity index (χ0v) is 16.4. The molecule has 2 aromatic rings. The standard InChI is InChI=1S/C19H25FN4O3S/c20-16-3-1-2-15(12-16)19-13-18(21-22-19)14-4-6-17(7-5-14)23-28(25,26)24-8-10-27-11-9-24/h1-3,12-14,17,23H,4-11H2,(H,21,22). The van der Waals surface area contributed by atoms with Gasteiger partial charge >= 0.3 is 0 Å². The van der Waals surface area contributed by atoms with Crippen molar-refractivity contribution in [1.29, 1.82) is 0 Å². The molecule has 0 bridgehead atoms. The summed E-state index contributed by atoms with van der Waals surface area (Å²) in [5.74, 6) is 0.0223. The van der Waals surface area contributed by atoms with Crippen LogP contribution in [0.1, 0.15) is 37.3 Å². The van der Waals surface area contributed by atoms with E-state index in [9.17, 15) is 12.8 Å². The minimum Gasteiger partial charge on any atom is -0.379 e. The van der Waals surface area contributed by atoms with Crippen LogP contribution in [-0.4, -0.2) is 55.3 Å². The number of nitrogens with one attached hydrogen (secondary N) is 2. The van der Waals surface area contributed by atoms with Gasteiger partial charge in [0.05, 0.1) is 18.9 Å². The number of halogens is 1. The number of hydrogen-bond acceptors (Lipinski definition) is 4. The van der Waals surface area contributed by atoms with Crippen molar-refractivity contribution in [2.24, 2.45) is 0 Å². The molecule has 1 aliphatic carbocycles. The minimum absolute atomic E-state index is 0.0466. The number of morpholine rings is 1. The van der Waals surface area contributed by atoms with E-state index >= 15 is 0 Å². The number of rotatable bonds is 5. The molecular weight excluding hydrogens is 383 g/mol. The third-order valence-corrected chi connectivity index (χ3v) is 7.19. The Morgan fingerprint density at radius 3 is 2.61 bits per heavy atom. The summed E-state index contributed by atoms with van der Waals surface area (Å²) in [6.45, 7) is 1.70. The Balaban J connectivity index is 1.34. The monoisotopic (exact) mass is 408 g/mol. The summed E-state index contributed by atoms with van der Waals surface area (Å²) in [4.78, 5) is 0. The molecule has 1 aliphatic heterocycles. The highest BCUT2D eigenvalue weighted by Crippen LogP contribution is 2.33. The zero-order valence-electron chi connectivity index (χ0n) is 15.6. The second-order valence-corrected chi connectivity index (χ2v) is 9.10. The van der Waals surface area contributed by atoms with Crippen LogP contribution in [0.25, 0.3) is 11.3 Å². The van der Waals surface area contributed by atoms with Crippen molar-refractivity contribution in [1.82, 2.24) is 19.2 Å². The molecule has 1 saturated heterocycles. The molecule has 0 radical (unpaired) electrons. The summed E-state index contributed by atoms with van der Waals surface area (Å²) in [7, 11) is -3.45. The van der Waals surface area contributed by atoms with Crippen molar-refractivity contribution in [3.8, 4) is 11.3 Å². The molecular formula is C19H25FN4O3S. The van der Waals surface area contributed by atoms with Crippen molar-refractivity contribution in [2.75, 3.05) is 26.3 Å². The first-order valence-corrected chi connectivity index (χ1v) is 11.1. The van der Waals surface area contributed by atoms with E-state index in [2.05, 4.69) is 14.9 Å². The van der Waals surface area contributed by atoms with Gasteiger partial charge in [0.2, 0.25) is 0 Å². The van der Waals surface area contributed by atoms with E-state index in [-0.39, 0.29) is 11.9 Å². The second-order valence-electron chi connectivity index (χ2n) is 7.40. The second kappa shape index (κ2) is 8.28. The van der Waals surface area contributed by atoms with E-state index in [0.717, 1.165) is 42.6 Å². The molecule has 1 aromatic heterocycles. The molecule has 2 aliphatic rings. The van der Waals surface area contributed by atoms with E-state index in [4.69, 9.17) is 4.74 Å². The lowest BCUT2D eigenvalue weighted by Crippen LogP contribution is -2.50. The lowest BCUT2D eigenvalue weighted by atomic mass is 9.84. The minimum atomic E-state index is -3.45. The predicted molar refractivity (Wildman–Crippen MR) is 103 cm³/mol. The topological polar surface area (TPSA) is 87.3 Å². The van der Waals surface area contributed by atoms with Crippen molar-refractivity contribution >= 4 is 10.2 Å². The summed E-state index contributed by atoms with van der Waals surface area (Å²) in [5.41, 5.74) is 2.49. The Bertz CT molecular complexity index is 903. The van der Waals surface area contributed by atoms with Crippen molar-refractivity contribution in [3.05, 3.63) is 41.8 Å². The first kappa shape index (κ1) is 19.5. The SMILES string of the molecule is O=S(=O)(NC1CCC(c2cc(-c3cccc(F)c3)n[nH]2)CC1)N1CCOCC1. The largest absolute Gasteiger partial charge is 0.379 e. The van der Waals surface area contributed by atoms with Gasteiger partial charge in [0.25, 0.3) is 10.2 Å². The smallest absolute Gasteiger partial charge is 0.279 e. The number of nitrogens with zero attached hydrogens (tertiary/aromatic N) is 2. The fraction of sp³-hybridized carbons (Fsp3) is 0.526. The zero-order chi connectivity index (χ0) is 19.6. The number of ether oxygens (including phenoxy) is 1. The average Bonchev–Trinajstić information content (AvgIpc) is 3.19. The highest BCUT2D eigenvalue weighted by atomic mass is 32.2. The Morgan fingerprint density at radius 2 is 1.89 bits per heavy atom. The number of aromatic amines is 1. The molecule has 0 unspecified atom stereocenters. The maximum atomic E-state index is 13.4. The summed E-state index contributed by atoms with van der Waals surface area (Å²) in [6.07, 6.45) is 3.31. The first-order chi connectivity index (χ1) is 13.5. The fourth-order valence-corrected chi connectivity index (χ4v) is 5.37. The Hall–Kier alpha value is -1.81. The van der Waals surface area contributed by atoms with Crippen LogP contribution in [0.5, 0.6) is 0 Å². The van der Waals surface area contributed by atoms with Crippen LogP contribution in [0.4, 0.5) is 4.39 Å². The molecule has 0 amide bonds. The van der Waals surface area contributed by atoms with E-state index < -0.39 is 10.2 Å². The van der Waals surface area contributed by atoms with Crippen LogP contribution in [-0.2, 0) is 14.9 Å². The molecule has 152 valence electrons. The van der Waals surface area contributed by atoms with Gasteiger partial charge in [-0.25, -0.2) is 4.39 Å². The molecule has 1 aromatic carbocycles. The molecule has 2 fully saturated rings. The third kappa shape index (κ3) is 4.43. The van der Waals surface area contributed by atoms with Gasteiger partial charge in [0, 0.05) is 36.3 Å². The number of H-pyrrole nitrogens is 1. The molecule has 9 heteroatoms. The lowest BCUT2D eigenvalue weighted by molar-refractivity contribution is 0.0722. The van der Waals surface area contributed by atoms with Crippen molar-refractivity contribution in [2.45, 2.75) is 37.6 Å². The average molecular weight is 408 g/mol. The first-order valence-electron chi connectivity index (χ1n) is 9.68. The molecule has 4 rings (SSSR count). The molecule has 2 N–H and O–H groups in total. The van der Waals surface area contributed by atoms with E-state index in [1.54, 1.807) is 6.07 Å². The van der Waals surface area contributed by atoms with E-state index in [0.29, 0.717) is 32.2 Å². The highest BCUT2D eigenvalue weighted by molar-refractivity contribution is 7.87. The van der Waals surface area contributed by atoms with Gasteiger partial charge < -0.3 is 4.74 Å². The molecule has 28 heavy (non-hydrogen) atoms. The number of hydrogen-bond donors (Lipinski definition) is 2. The van der Waals surface area contributed by atoms with Crippen molar-refractivity contribution < 1.29 is 17.5 Å². The van der Waals surface area contributed by atoms with Gasteiger partial charge in [0.15, 0.2) is 0 Å². The maximum absolute atomic E-state index is 13.4. The summed E-state index contributed by atoms with van der Waals surface area (Å²) in [5, 5.41) is 7.40. The lowest BCUT2D eigenvalue weighted by Gasteiger charge is -2.32. The van der Waals surface area contributed by atoms with E-state index in [1.165, 1.54) is 16.4 Å². The molecule has 7 nitrogen and oxygen atoms in total. The van der Waals surface area contributed by atoms with Crippen LogP contribution in [0.3, 0.4) is 0 Å². The summed E-state index contributed by atoms with van der Waals surface area (Å²) >= 11 is 0. The van der Waals surface area contributed by atoms with Crippen molar-refractivity contribution in [3.63, 3.8) is 0 Å². The Kier molecular flexibility index (Phi) is 5.77.